The van der Waals surface area contributed by atoms with Crippen LogP contribution in [0.1, 0.15) is 5.82 Å². The minimum atomic E-state index is -0.559. The van der Waals surface area contributed by atoms with Crippen molar-refractivity contribution >= 4 is 6.08 Å². The SMILES string of the molecule is O=[N+]([O-])/C=C/c1ncccn1. The first-order valence-corrected chi connectivity index (χ1v) is 2.88. The highest BCUT2D eigenvalue weighted by atomic mass is 16.6. The van der Waals surface area contributed by atoms with E-state index in [0.717, 1.165) is 6.20 Å². The Bertz CT molecular complexity index is 270. The number of hydrogen-bond acceptors (Lipinski definition) is 4. The summed E-state index contributed by atoms with van der Waals surface area (Å²) in [7, 11) is 0. The smallest absolute Gasteiger partial charge is 0.238 e. The Kier molecular flexibility index (Phi) is 2.27. The molecule has 0 radical (unpaired) electrons. The Labute approximate surface area is 62.6 Å². The molecule has 0 atom stereocenters. The molecule has 0 aliphatic rings. The van der Waals surface area contributed by atoms with Crippen molar-refractivity contribution in [2.75, 3.05) is 0 Å². The van der Waals surface area contributed by atoms with Crippen LogP contribution in [0, 0.1) is 10.1 Å². The van der Waals surface area contributed by atoms with Crippen LogP contribution in [-0.2, 0) is 0 Å². The average Bonchev–Trinajstić information content (AvgIpc) is 2.03. The maximum absolute atomic E-state index is 9.84. The normalized spacial score (nSPS) is 10.2. The molecule has 1 aromatic heterocycles. The second-order valence-electron chi connectivity index (χ2n) is 1.71. The van der Waals surface area contributed by atoms with Gasteiger partial charge >= 0.3 is 0 Å². The van der Waals surface area contributed by atoms with Crippen LogP contribution < -0.4 is 0 Å². The maximum atomic E-state index is 9.84. The van der Waals surface area contributed by atoms with Crippen LogP contribution in [0.3, 0.4) is 0 Å². The molecular weight excluding hydrogens is 146 g/mol. The summed E-state index contributed by atoms with van der Waals surface area (Å²) in [6.07, 6.45) is 5.08. The summed E-state index contributed by atoms with van der Waals surface area (Å²) in [4.78, 5) is 16.8. The lowest BCUT2D eigenvalue weighted by molar-refractivity contribution is -0.401. The third-order valence-electron chi connectivity index (χ3n) is 0.931. The fourth-order valence-electron chi connectivity index (χ4n) is 0.524. The van der Waals surface area contributed by atoms with E-state index in [1.807, 2.05) is 0 Å². The molecule has 5 heteroatoms. The zero-order chi connectivity index (χ0) is 8.10. The second kappa shape index (κ2) is 3.40. The van der Waals surface area contributed by atoms with E-state index in [4.69, 9.17) is 0 Å². The number of nitro groups is 1. The minimum Gasteiger partial charge on any atom is -0.259 e. The summed E-state index contributed by atoms with van der Waals surface area (Å²) in [6.45, 7) is 0. The monoisotopic (exact) mass is 151 g/mol. The first kappa shape index (κ1) is 7.33. The van der Waals surface area contributed by atoms with Gasteiger partial charge in [0.05, 0.1) is 11.0 Å². The van der Waals surface area contributed by atoms with Gasteiger partial charge in [-0.25, -0.2) is 9.97 Å². The summed E-state index contributed by atoms with van der Waals surface area (Å²) in [6, 6.07) is 1.64. The standard InChI is InChI=1S/C6H5N3O2/c10-9(11)5-2-6-7-3-1-4-8-6/h1-5H/b5-2+. The molecular formula is C6H5N3O2. The fourth-order valence-corrected chi connectivity index (χ4v) is 0.524. The highest BCUT2D eigenvalue weighted by Gasteiger charge is 1.89. The summed E-state index contributed by atoms with van der Waals surface area (Å²) < 4.78 is 0. The Morgan fingerprint density at radius 1 is 1.45 bits per heavy atom. The van der Waals surface area contributed by atoms with Crippen LogP contribution >= 0.6 is 0 Å². The van der Waals surface area contributed by atoms with E-state index in [1.165, 1.54) is 18.5 Å². The third kappa shape index (κ3) is 2.53. The highest BCUT2D eigenvalue weighted by molar-refractivity contribution is 5.36. The number of hydrogen-bond donors (Lipinski definition) is 0. The summed E-state index contributed by atoms with van der Waals surface area (Å²) in [5, 5.41) is 9.84. The predicted octanol–water partition coefficient (Wildman–Crippen LogP) is 0.724. The van der Waals surface area contributed by atoms with Gasteiger partial charge in [0, 0.05) is 12.4 Å². The molecule has 0 aliphatic carbocycles. The molecule has 1 rings (SSSR count). The Morgan fingerprint density at radius 2 is 2.09 bits per heavy atom. The van der Waals surface area contributed by atoms with Crippen LogP contribution in [0.4, 0.5) is 0 Å². The van der Waals surface area contributed by atoms with Crippen LogP contribution in [0.25, 0.3) is 6.08 Å². The molecule has 11 heavy (non-hydrogen) atoms. The molecule has 0 amide bonds. The van der Waals surface area contributed by atoms with E-state index in [9.17, 15) is 10.1 Å². The molecule has 1 aromatic rings. The van der Waals surface area contributed by atoms with Gasteiger partial charge in [0.2, 0.25) is 6.20 Å². The van der Waals surface area contributed by atoms with E-state index >= 15 is 0 Å². The van der Waals surface area contributed by atoms with Gasteiger partial charge in [0.15, 0.2) is 5.82 Å². The van der Waals surface area contributed by atoms with Crippen molar-refractivity contribution < 1.29 is 4.92 Å². The van der Waals surface area contributed by atoms with Gasteiger partial charge in [-0.2, -0.15) is 0 Å². The Hall–Kier alpha value is -1.78. The second-order valence-corrected chi connectivity index (χ2v) is 1.71. The van der Waals surface area contributed by atoms with Crippen molar-refractivity contribution in [3.63, 3.8) is 0 Å². The van der Waals surface area contributed by atoms with Crippen LogP contribution in [0.2, 0.25) is 0 Å². The van der Waals surface area contributed by atoms with Gasteiger partial charge in [-0.1, -0.05) is 0 Å². The average molecular weight is 151 g/mol. The van der Waals surface area contributed by atoms with Crippen molar-refractivity contribution in [1.82, 2.24) is 9.97 Å². The maximum Gasteiger partial charge on any atom is 0.238 e. The van der Waals surface area contributed by atoms with Gasteiger partial charge in [-0.15, -0.1) is 0 Å². The van der Waals surface area contributed by atoms with Crippen molar-refractivity contribution in [3.8, 4) is 0 Å². The molecule has 0 spiro atoms. The van der Waals surface area contributed by atoms with Crippen LogP contribution in [0.5, 0.6) is 0 Å². The molecule has 5 nitrogen and oxygen atoms in total. The van der Waals surface area contributed by atoms with Crippen molar-refractivity contribution in [2.24, 2.45) is 0 Å². The summed E-state index contributed by atoms with van der Waals surface area (Å²) in [5.74, 6) is 0.337. The molecule has 0 saturated carbocycles. The zero-order valence-corrected chi connectivity index (χ0v) is 5.54. The first-order valence-electron chi connectivity index (χ1n) is 2.88. The molecule has 0 saturated heterocycles. The number of rotatable bonds is 2. The van der Waals surface area contributed by atoms with Gasteiger partial charge in [-0.3, -0.25) is 10.1 Å². The van der Waals surface area contributed by atoms with Crippen LogP contribution in [0.15, 0.2) is 24.7 Å². The first-order chi connectivity index (χ1) is 5.29. The number of nitrogens with zero attached hydrogens (tertiary/aromatic N) is 3. The Balaban J connectivity index is 2.72. The summed E-state index contributed by atoms with van der Waals surface area (Å²) >= 11 is 0. The Morgan fingerprint density at radius 3 is 2.64 bits per heavy atom. The van der Waals surface area contributed by atoms with Gasteiger partial charge in [0.1, 0.15) is 0 Å². The molecule has 0 aromatic carbocycles. The topological polar surface area (TPSA) is 68.9 Å². The minimum absolute atomic E-state index is 0.337. The lowest BCUT2D eigenvalue weighted by atomic mass is 10.5. The van der Waals surface area contributed by atoms with Crippen LogP contribution in [-0.4, -0.2) is 14.9 Å². The van der Waals surface area contributed by atoms with Crippen molar-refractivity contribution in [1.29, 1.82) is 0 Å². The predicted molar refractivity (Wildman–Crippen MR) is 38.1 cm³/mol. The number of aromatic nitrogens is 2. The van der Waals surface area contributed by atoms with Gasteiger partial charge < -0.3 is 0 Å². The fraction of sp³-hybridized carbons (Fsp3) is 0. The van der Waals surface area contributed by atoms with E-state index in [-0.39, 0.29) is 0 Å². The van der Waals surface area contributed by atoms with Crippen molar-refractivity contribution in [2.45, 2.75) is 0 Å². The van der Waals surface area contributed by atoms with E-state index in [2.05, 4.69) is 9.97 Å². The molecule has 1 heterocycles. The van der Waals surface area contributed by atoms with Crippen molar-refractivity contribution in [3.05, 3.63) is 40.6 Å². The van der Waals surface area contributed by atoms with Gasteiger partial charge in [0.25, 0.3) is 0 Å². The molecule has 56 valence electrons. The van der Waals surface area contributed by atoms with E-state index < -0.39 is 4.92 Å². The summed E-state index contributed by atoms with van der Waals surface area (Å²) in [5.41, 5.74) is 0. The zero-order valence-electron chi connectivity index (χ0n) is 5.54. The largest absolute Gasteiger partial charge is 0.259 e. The van der Waals surface area contributed by atoms with E-state index in [1.54, 1.807) is 6.07 Å². The molecule has 0 fully saturated rings. The third-order valence-corrected chi connectivity index (χ3v) is 0.931. The van der Waals surface area contributed by atoms with E-state index in [0.29, 0.717) is 5.82 Å². The van der Waals surface area contributed by atoms with Gasteiger partial charge in [-0.05, 0) is 6.07 Å². The lowest BCUT2D eigenvalue weighted by Gasteiger charge is -1.85. The quantitative estimate of drug-likeness (QED) is 0.461. The molecule has 0 bridgehead atoms. The molecule has 0 unspecified atom stereocenters. The highest BCUT2D eigenvalue weighted by Crippen LogP contribution is 1.90. The molecule has 0 N–H and O–H groups in total. The lowest BCUT2D eigenvalue weighted by Crippen LogP contribution is -1.86. The molecule has 0 aliphatic heterocycles.